The number of hydrogen-bond acceptors (Lipinski definition) is 6. The molecule has 2 amide bonds. The number of benzene rings is 3. The van der Waals surface area contributed by atoms with Gasteiger partial charge in [0.1, 0.15) is 6.23 Å². The third-order valence-corrected chi connectivity index (χ3v) is 7.58. The summed E-state index contributed by atoms with van der Waals surface area (Å²) in [6.07, 6.45) is -0.458. The topological polar surface area (TPSA) is 77.2 Å². The molecule has 2 fully saturated rings. The number of morpholine rings is 1. The average molecular weight is 528 g/mol. The van der Waals surface area contributed by atoms with Crippen molar-refractivity contribution in [3.63, 3.8) is 0 Å². The molecule has 39 heavy (non-hydrogen) atoms. The van der Waals surface area contributed by atoms with E-state index in [2.05, 4.69) is 33.5 Å². The van der Waals surface area contributed by atoms with E-state index in [-0.39, 0.29) is 11.8 Å². The van der Waals surface area contributed by atoms with Gasteiger partial charge in [0.15, 0.2) is 0 Å². The molecule has 0 aliphatic carbocycles. The van der Waals surface area contributed by atoms with E-state index in [0.29, 0.717) is 35.7 Å². The largest absolute Gasteiger partial charge is 0.369 e. The summed E-state index contributed by atoms with van der Waals surface area (Å²) in [7, 11) is 2.13. The lowest BCUT2D eigenvalue weighted by Crippen LogP contribution is -2.52. The first-order chi connectivity index (χ1) is 18.9. The van der Waals surface area contributed by atoms with E-state index in [4.69, 9.17) is 4.74 Å². The molecule has 2 N–H and O–H groups in total. The number of hydrogen-bond donors (Lipinski definition) is 2. The van der Waals surface area contributed by atoms with Crippen LogP contribution in [0.4, 0.5) is 17.1 Å². The zero-order valence-electron chi connectivity index (χ0n) is 22.9. The molecule has 0 saturated carbocycles. The van der Waals surface area contributed by atoms with Gasteiger partial charge < -0.3 is 25.2 Å². The molecule has 0 spiro atoms. The SMILES string of the molecule is Cc1ccc(N(C(=O)c2ccccc2)C2CNCCO2)cc1NC(=O)c1cccc(N2CCN(C)CC2)c1C. The second-order valence-electron chi connectivity index (χ2n) is 10.3. The van der Waals surface area contributed by atoms with Gasteiger partial charge in [-0.3, -0.25) is 14.5 Å². The highest BCUT2D eigenvalue weighted by Crippen LogP contribution is 2.29. The van der Waals surface area contributed by atoms with Crippen molar-refractivity contribution in [3.05, 3.63) is 89.0 Å². The molecule has 1 unspecified atom stereocenters. The molecule has 8 heteroatoms. The van der Waals surface area contributed by atoms with Crippen molar-refractivity contribution >= 4 is 28.9 Å². The fraction of sp³-hybridized carbons (Fsp3) is 0.355. The highest BCUT2D eigenvalue weighted by Gasteiger charge is 2.29. The predicted octanol–water partition coefficient (Wildman–Crippen LogP) is 3.90. The first-order valence-electron chi connectivity index (χ1n) is 13.6. The maximum Gasteiger partial charge on any atom is 0.260 e. The number of likely N-dealkylation sites (N-methyl/N-ethyl adjacent to an activating group) is 1. The van der Waals surface area contributed by atoms with Crippen LogP contribution in [0.25, 0.3) is 0 Å². The Balaban J connectivity index is 1.42. The first-order valence-corrected chi connectivity index (χ1v) is 13.6. The van der Waals surface area contributed by atoms with Crippen molar-refractivity contribution in [2.75, 3.05) is 68.0 Å². The molecule has 0 bridgehead atoms. The maximum absolute atomic E-state index is 13.7. The summed E-state index contributed by atoms with van der Waals surface area (Å²) in [4.78, 5) is 33.6. The summed E-state index contributed by atoms with van der Waals surface area (Å²) in [5, 5.41) is 6.44. The molecule has 3 aromatic rings. The van der Waals surface area contributed by atoms with Crippen molar-refractivity contribution in [2.24, 2.45) is 0 Å². The minimum Gasteiger partial charge on any atom is -0.369 e. The molecule has 3 aromatic carbocycles. The van der Waals surface area contributed by atoms with Gasteiger partial charge in [-0.15, -0.1) is 0 Å². The van der Waals surface area contributed by atoms with Crippen molar-refractivity contribution in [2.45, 2.75) is 20.1 Å². The highest BCUT2D eigenvalue weighted by molar-refractivity contribution is 6.08. The van der Waals surface area contributed by atoms with Gasteiger partial charge in [0.25, 0.3) is 11.8 Å². The lowest BCUT2D eigenvalue weighted by molar-refractivity contribution is 0.0255. The van der Waals surface area contributed by atoms with E-state index in [9.17, 15) is 9.59 Å². The third-order valence-electron chi connectivity index (χ3n) is 7.58. The van der Waals surface area contributed by atoms with Crippen LogP contribution >= 0.6 is 0 Å². The van der Waals surface area contributed by atoms with Crippen molar-refractivity contribution in [1.82, 2.24) is 10.2 Å². The number of nitrogens with one attached hydrogen (secondary N) is 2. The summed E-state index contributed by atoms with van der Waals surface area (Å²) in [5.74, 6) is -0.318. The maximum atomic E-state index is 13.7. The predicted molar refractivity (Wildman–Crippen MR) is 156 cm³/mol. The molecule has 2 aliphatic heterocycles. The Morgan fingerprint density at radius 3 is 2.46 bits per heavy atom. The minimum absolute atomic E-state index is 0.152. The number of piperazine rings is 1. The number of ether oxygens (including phenoxy) is 1. The molecular formula is C31H37N5O3. The molecule has 8 nitrogen and oxygen atoms in total. The lowest BCUT2D eigenvalue weighted by atomic mass is 10.0. The van der Waals surface area contributed by atoms with Gasteiger partial charge in [0.2, 0.25) is 0 Å². The quantitative estimate of drug-likeness (QED) is 0.507. The van der Waals surface area contributed by atoms with Gasteiger partial charge in [0.05, 0.1) is 6.61 Å². The van der Waals surface area contributed by atoms with Gasteiger partial charge in [-0.25, -0.2) is 0 Å². The Bertz CT molecular complexity index is 1320. The number of aryl methyl sites for hydroxylation is 1. The molecular weight excluding hydrogens is 490 g/mol. The normalized spacial score (nSPS) is 18.0. The van der Waals surface area contributed by atoms with Gasteiger partial charge in [-0.1, -0.05) is 30.3 Å². The number of rotatable bonds is 6. The number of carbonyl (C=O) groups is 2. The van der Waals surface area contributed by atoms with E-state index in [1.54, 1.807) is 17.0 Å². The monoisotopic (exact) mass is 527 g/mol. The van der Waals surface area contributed by atoms with E-state index in [1.807, 2.05) is 62.4 Å². The zero-order valence-corrected chi connectivity index (χ0v) is 22.9. The van der Waals surface area contributed by atoms with Gasteiger partial charge in [-0.05, 0) is 68.4 Å². The Morgan fingerprint density at radius 2 is 1.74 bits per heavy atom. The molecule has 5 rings (SSSR count). The van der Waals surface area contributed by atoms with Gasteiger partial charge in [-0.2, -0.15) is 0 Å². The third kappa shape index (κ3) is 5.98. The molecule has 204 valence electrons. The Morgan fingerprint density at radius 1 is 0.974 bits per heavy atom. The van der Waals surface area contributed by atoms with Crippen LogP contribution in [0.1, 0.15) is 31.8 Å². The van der Waals surface area contributed by atoms with Crippen molar-refractivity contribution in [1.29, 1.82) is 0 Å². The molecule has 0 radical (unpaired) electrons. The zero-order chi connectivity index (χ0) is 27.4. The molecule has 2 saturated heterocycles. The second-order valence-corrected chi connectivity index (χ2v) is 10.3. The Kier molecular flexibility index (Phi) is 8.26. The van der Waals surface area contributed by atoms with Crippen LogP contribution < -0.4 is 20.4 Å². The van der Waals surface area contributed by atoms with E-state index >= 15 is 0 Å². The van der Waals surface area contributed by atoms with Crippen LogP contribution in [0.5, 0.6) is 0 Å². The summed E-state index contributed by atoms with van der Waals surface area (Å²) in [6.45, 7) is 9.62. The van der Waals surface area contributed by atoms with Crippen LogP contribution in [-0.2, 0) is 4.74 Å². The summed E-state index contributed by atoms with van der Waals surface area (Å²) >= 11 is 0. The summed E-state index contributed by atoms with van der Waals surface area (Å²) in [5.41, 5.74) is 5.54. The lowest BCUT2D eigenvalue weighted by Gasteiger charge is -2.35. The van der Waals surface area contributed by atoms with E-state index in [1.165, 1.54) is 0 Å². The second kappa shape index (κ2) is 12.0. The number of anilines is 3. The molecule has 2 heterocycles. The van der Waals surface area contributed by atoms with Gasteiger partial charge >= 0.3 is 0 Å². The van der Waals surface area contributed by atoms with Crippen molar-refractivity contribution < 1.29 is 14.3 Å². The Hall–Kier alpha value is -3.72. The van der Waals surface area contributed by atoms with Gasteiger partial charge in [0, 0.05) is 67.5 Å². The summed E-state index contributed by atoms with van der Waals surface area (Å²) < 4.78 is 6.00. The van der Waals surface area contributed by atoms with Crippen LogP contribution in [0.15, 0.2) is 66.7 Å². The fourth-order valence-corrected chi connectivity index (χ4v) is 5.20. The molecule has 0 aromatic heterocycles. The number of carbonyl (C=O) groups excluding carboxylic acids is 2. The van der Waals surface area contributed by atoms with Crippen LogP contribution in [-0.4, -0.2) is 75.9 Å². The van der Waals surface area contributed by atoms with Crippen LogP contribution in [0.2, 0.25) is 0 Å². The Labute approximate surface area is 230 Å². The van der Waals surface area contributed by atoms with Crippen LogP contribution in [0.3, 0.4) is 0 Å². The minimum atomic E-state index is -0.458. The highest BCUT2D eigenvalue weighted by atomic mass is 16.5. The smallest absolute Gasteiger partial charge is 0.260 e. The van der Waals surface area contributed by atoms with E-state index in [0.717, 1.165) is 49.5 Å². The fourth-order valence-electron chi connectivity index (χ4n) is 5.20. The standard InChI is InChI=1S/C31H37N5O3/c1-22-12-13-25(36(29-21-32-14-19-39-29)31(38)24-8-5-4-6-9-24)20-27(22)33-30(37)26-10-7-11-28(23(26)2)35-17-15-34(3)16-18-35/h4-13,20,29,32H,14-19,21H2,1-3H3,(H,33,37). The molecule has 2 aliphatic rings. The average Bonchev–Trinajstić information content (AvgIpc) is 2.96. The number of nitrogens with zero attached hydrogens (tertiary/aromatic N) is 3. The van der Waals surface area contributed by atoms with E-state index < -0.39 is 6.23 Å². The molecule has 1 atom stereocenters. The number of amides is 2. The first kappa shape index (κ1) is 26.9. The summed E-state index contributed by atoms with van der Waals surface area (Å²) in [6, 6.07) is 20.8. The van der Waals surface area contributed by atoms with Crippen molar-refractivity contribution in [3.8, 4) is 0 Å². The van der Waals surface area contributed by atoms with Crippen LogP contribution in [0, 0.1) is 13.8 Å².